The molecule has 119 heavy (non-hydrogen) atoms. The van der Waals surface area contributed by atoms with Gasteiger partial charge in [0.2, 0.25) is 17.7 Å². The van der Waals surface area contributed by atoms with Crippen LogP contribution in [-0.4, -0.2) is 220 Å². The first-order valence-electron chi connectivity index (χ1n) is 40.1. The molecular weight excluding hydrogens is 1600 g/mol. The van der Waals surface area contributed by atoms with E-state index in [4.69, 9.17) is 44.0 Å². The first-order valence-corrected chi connectivity index (χ1v) is 44.8. The van der Waals surface area contributed by atoms with Crippen molar-refractivity contribution in [1.82, 2.24) is 60.0 Å². The SMILES string of the molecule is C=C[C@@H]1C[C@@]12NC(=O)[C@@H]1C[C@@H](Oc3cc(-c4csc(NC(C)C)n4)nc4cc(OC)ccc34)CN1C(=O)CCCN(C)CCCCNc1ccccc1S(=O)(=O)NC2=O.C=C[C@@H]1C[C@]1(NC(=O)[C@@H]1C[C@@H](Oc2cc(-c3csc(NC(C)C)n3)nc3cc(OC)ccc23)CN1)C(=O)NS(=O)(=O)c1ccccc1NCCCCN(C)CCCC(=O)O. The number of ether oxygens (including phenoxy) is 4. The molecule has 4 aromatic carbocycles. The lowest BCUT2D eigenvalue weighted by Crippen LogP contribution is -2.56. The lowest BCUT2D eigenvalue weighted by atomic mass is 10.1. The van der Waals surface area contributed by atoms with E-state index in [1.165, 1.54) is 45.8 Å². The molecule has 13 rings (SSSR count). The van der Waals surface area contributed by atoms with Gasteiger partial charge in [0.15, 0.2) is 10.3 Å². The van der Waals surface area contributed by atoms with Crippen LogP contribution in [0, 0.1) is 11.8 Å². The Morgan fingerprint density at radius 2 is 1.36 bits per heavy atom. The molecule has 0 unspecified atom stereocenters. The zero-order chi connectivity index (χ0) is 84.9. The average Bonchev–Trinajstić information content (AvgIpc) is 1.58. The molecule has 2 saturated carbocycles. The molecule has 636 valence electrons. The molecule has 1 spiro atoms. The third-order valence-electron chi connectivity index (χ3n) is 21.5. The van der Waals surface area contributed by atoms with Gasteiger partial charge in [-0.15, -0.1) is 35.8 Å². The van der Waals surface area contributed by atoms with Crippen LogP contribution in [0.4, 0.5) is 21.6 Å². The van der Waals surface area contributed by atoms with E-state index in [1.54, 1.807) is 56.7 Å². The minimum absolute atomic E-state index is 0.0719. The molecule has 0 bridgehead atoms. The van der Waals surface area contributed by atoms with Crippen LogP contribution in [-0.2, 0) is 48.8 Å². The molecule has 4 fully saturated rings. The minimum atomic E-state index is -4.35. The molecule has 10 N–H and O–H groups in total. The number of fused-ring (bicyclic) bond motifs is 4. The summed E-state index contributed by atoms with van der Waals surface area (Å²) < 4.78 is 83.6. The van der Waals surface area contributed by atoms with Gasteiger partial charge >= 0.3 is 5.97 Å². The molecule has 35 heteroatoms. The van der Waals surface area contributed by atoms with Crippen molar-refractivity contribution in [3.05, 3.63) is 133 Å². The second-order valence-corrected chi connectivity index (χ2v) is 36.3. The summed E-state index contributed by atoms with van der Waals surface area (Å²) in [5, 5.41) is 37.7. The Hall–Kier alpha value is -10.6. The minimum Gasteiger partial charge on any atom is -0.497 e. The van der Waals surface area contributed by atoms with E-state index >= 15 is 0 Å². The Labute approximate surface area is 701 Å². The van der Waals surface area contributed by atoms with Crippen LogP contribution in [0.2, 0.25) is 0 Å². The fourth-order valence-electron chi connectivity index (χ4n) is 15.0. The van der Waals surface area contributed by atoms with Crippen LogP contribution in [0.1, 0.15) is 105 Å². The number of unbranched alkanes of at least 4 members (excludes halogenated alkanes) is 1. The number of aliphatic carboxylic acids is 1. The Morgan fingerprint density at radius 3 is 1.97 bits per heavy atom. The molecule has 2 saturated heterocycles. The third-order valence-corrected chi connectivity index (χ3v) is 25.9. The number of methoxy groups -OCH3 is 2. The van der Waals surface area contributed by atoms with Gasteiger partial charge in [0.25, 0.3) is 31.9 Å². The molecule has 8 aromatic rings. The Balaban J connectivity index is 0.000000219. The summed E-state index contributed by atoms with van der Waals surface area (Å²) in [5.74, 6) is -2.44. The molecule has 4 aromatic heterocycles. The number of anilines is 4. The number of hydrogen-bond acceptors (Lipinski definition) is 27. The van der Waals surface area contributed by atoms with E-state index in [-0.39, 0.29) is 72.9 Å². The normalized spacial score (nSPS) is 22.1. The average molecular weight is 1710 g/mol. The Kier molecular flexibility index (Phi) is 28.5. The van der Waals surface area contributed by atoms with Crippen LogP contribution in [0.15, 0.2) is 143 Å². The number of thiazole rings is 2. The Bertz CT molecular complexity index is 5280. The second kappa shape index (κ2) is 38.7. The number of benzene rings is 4. The highest BCUT2D eigenvalue weighted by Gasteiger charge is 2.63. The standard InChI is InChI=1S/C42H54N8O8S2.C42H52N8O7S2/c1-6-27-23-42(27,40(54)49-60(55,56)37-13-8-7-12-31(37)43-17-9-10-18-50(4)19-11-14-38(51)52)48-39(53)34-21-29(24-44-34)58-36-22-33(35-25-59-41(47-35)45-26(2)3)46-32-20-28(57-5)15-16-30(32)36;1-6-27-23-42(27)40(53)48-59(54,55)37-13-8-7-12-31(37)43-17-9-10-18-49(4)19-11-14-38(51)50-24-29(21-35(50)39(52)47-42)57-36-22-33(34-25-58-41(46-34)44-26(2)3)45-32-20-28(56-5)15-16-30(32)36/h6-8,12-13,15-16,20,22,25-27,29,34,43-44H,1,9-11,14,17-19,21,23-24H2,2-5H3,(H,45,47)(H,48,53)(H,49,54)(H,51,52);6-8,12-13,15-16,20,22,25-27,29,35,43H,1,9-11,14,17-19,21,23-24H2,2-5H3,(H,44,46)(H,47,52)(H,48,53)/t27-,29-,34+,42-;27-,29-,35+,42-/m11/s1. The van der Waals surface area contributed by atoms with Crippen LogP contribution in [0.5, 0.6) is 23.0 Å². The largest absolute Gasteiger partial charge is 0.497 e. The van der Waals surface area contributed by atoms with Gasteiger partial charge in [0.05, 0.1) is 60.6 Å². The lowest BCUT2D eigenvalue weighted by molar-refractivity contribution is -0.140. The number of carboxylic acid groups (broad SMARTS) is 1. The third kappa shape index (κ3) is 21.7. The summed E-state index contributed by atoms with van der Waals surface area (Å²) in [7, 11) is -1.58. The van der Waals surface area contributed by atoms with Gasteiger partial charge in [-0.2, -0.15) is 0 Å². The predicted molar refractivity (Wildman–Crippen MR) is 460 cm³/mol. The number of sulfonamides is 2. The molecule has 7 heterocycles. The van der Waals surface area contributed by atoms with E-state index in [2.05, 4.69) is 69.6 Å². The van der Waals surface area contributed by atoms with E-state index in [9.17, 15) is 45.6 Å². The van der Waals surface area contributed by atoms with Crippen molar-refractivity contribution in [3.63, 3.8) is 0 Å². The van der Waals surface area contributed by atoms with Crippen molar-refractivity contribution in [2.45, 2.75) is 162 Å². The number of nitrogens with zero attached hydrogens (tertiary/aromatic N) is 7. The highest BCUT2D eigenvalue weighted by molar-refractivity contribution is 7.90. The van der Waals surface area contributed by atoms with E-state index in [0.717, 1.165) is 54.4 Å². The number of pyridine rings is 2. The molecular formula is C84H106N16O15S4. The second-order valence-electron chi connectivity index (χ2n) is 31.3. The maximum absolute atomic E-state index is 14.4. The maximum atomic E-state index is 14.4. The summed E-state index contributed by atoms with van der Waals surface area (Å²) in [6, 6.07) is 26.2. The zero-order valence-corrected chi connectivity index (χ0v) is 71.4. The number of amides is 5. The monoisotopic (exact) mass is 1710 g/mol. The van der Waals surface area contributed by atoms with Crippen LogP contribution in [0.25, 0.3) is 44.6 Å². The quantitative estimate of drug-likeness (QED) is 0.0154. The van der Waals surface area contributed by atoms with Crippen molar-refractivity contribution in [1.29, 1.82) is 0 Å². The first kappa shape index (κ1) is 87.7. The number of carbonyl (C=O) groups is 6. The van der Waals surface area contributed by atoms with Gasteiger partial charge in [-0.25, -0.2) is 46.2 Å². The molecule has 2 aliphatic carbocycles. The summed E-state index contributed by atoms with van der Waals surface area (Å²) in [6.45, 7) is 20.2. The van der Waals surface area contributed by atoms with E-state index in [0.29, 0.717) is 119 Å². The van der Waals surface area contributed by atoms with E-state index < -0.39 is 96.8 Å². The van der Waals surface area contributed by atoms with Gasteiger partial charge in [0, 0.05) is 115 Å². The summed E-state index contributed by atoms with van der Waals surface area (Å²) in [6.07, 6.45) is 7.47. The topological polar surface area (TPSA) is 397 Å². The maximum Gasteiger partial charge on any atom is 0.303 e. The molecule has 3 aliphatic heterocycles. The first-order chi connectivity index (χ1) is 57.0. The predicted octanol–water partition coefficient (Wildman–Crippen LogP) is 9.87. The van der Waals surface area contributed by atoms with Crippen molar-refractivity contribution < 1.29 is 69.7 Å². The molecule has 0 radical (unpaired) electrons. The summed E-state index contributed by atoms with van der Waals surface area (Å²) >= 11 is 2.96. The number of carbonyl (C=O) groups excluding carboxylic acids is 5. The zero-order valence-electron chi connectivity index (χ0n) is 68.1. The van der Waals surface area contributed by atoms with Crippen molar-refractivity contribution in [3.8, 4) is 45.8 Å². The number of hydrogen-bond donors (Lipinski definition) is 10. The van der Waals surface area contributed by atoms with Gasteiger partial charge in [-0.3, -0.25) is 28.8 Å². The number of rotatable bonds is 29. The summed E-state index contributed by atoms with van der Waals surface area (Å²) in [4.78, 5) is 106. The number of nitrogens with one attached hydrogen (secondary N) is 9. The smallest absolute Gasteiger partial charge is 0.303 e. The number of para-hydroxylation sites is 2. The van der Waals surface area contributed by atoms with Crippen LogP contribution >= 0.6 is 22.7 Å². The summed E-state index contributed by atoms with van der Waals surface area (Å²) in [5.41, 5.74) is 1.49. The van der Waals surface area contributed by atoms with Gasteiger partial charge in [0.1, 0.15) is 73.5 Å². The van der Waals surface area contributed by atoms with Crippen molar-refractivity contribution in [2.75, 3.05) is 102 Å². The fraction of sp³-hybridized carbons (Fsp3) is 0.452. The number of carboxylic acids is 1. The van der Waals surface area contributed by atoms with Crippen LogP contribution < -0.4 is 65.6 Å². The number of aromatic nitrogens is 4. The molecule has 31 nitrogen and oxygen atoms in total. The molecule has 5 aliphatic rings. The van der Waals surface area contributed by atoms with Crippen molar-refractivity contribution in [2.24, 2.45) is 11.8 Å². The highest BCUT2D eigenvalue weighted by Crippen LogP contribution is 2.47. The van der Waals surface area contributed by atoms with Gasteiger partial charge in [-0.1, -0.05) is 36.4 Å². The fourth-order valence-corrected chi connectivity index (χ4v) is 19.1. The lowest BCUT2D eigenvalue weighted by Gasteiger charge is -2.27. The van der Waals surface area contributed by atoms with Crippen molar-refractivity contribution >= 4 is 122 Å². The Morgan fingerprint density at radius 1 is 0.748 bits per heavy atom. The molecule has 5 amide bonds. The van der Waals surface area contributed by atoms with Crippen LogP contribution in [0.3, 0.4) is 0 Å². The van der Waals surface area contributed by atoms with Gasteiger partial charge < -0.3 is 76.0 Å². The van der Waals surface area contributed by atoms with E-state index in [1.807, 2.05) is 101 Å². The highest BCUT2D eigenvalue weighted by atomic mass is 32.2. The molecule has 8 atom stereocenters. The van der Waals surface area contributed by atoms with Gasteiger partial charge in [-0.05, 0) is 168 Å².